The first kappa shape index (κ1) is 9.24. The largest absolute Gasteiger partial charge is 0.516 e. The van der Waals surface area contributed by atoms with Gasteiger partial charge in [-0.15, -0.1) is 0 Å². The van der Waals surface area contributed by atoms with E-state index in [9.17, 15) is 0 Å². The van der Waals surface area contributed by atoms with Crippen molar-refractivity contribution in [2.75, 3.05) is 0 Å². The lowest BCUT2D eigenvalue weighted by molar-refractivity contribution is 0.211. The van der Waals surface area contributed by atoms with Crippen molar-refractivity contribution >= 4 is 0 Å². The molecule has 0 rings (SSSR count). The van der Waals surface area contributed by atoms with Gasteiger partial charge in [-0.3, -0.25) is 0 Å². The molecule has 0 amide bonds. The molecule has 0 aromatic heterocycles. The standard InChI is InChI=1S/C8H14O2/c1-2-5-8(10)6-3-4-7-9/h3-4,6-10H,2,5H2,1H3. The Labute approximate surface area is 61.5 Å². The van der Waals surface area contributed by atoms with Crippen LogP contribution in [0, 0.1) is 0 Å². The third kappa shape index (κ3) is 5.38. The Balaban J connectivity index is 3.44. The van der Waals surface area contributed by atoms with E-state index in [2.05, 4.69) is 0 Å². The highest BCUT2D eigenvalue weighted by molar-refractivity contribution is 5.01. The van der Waals surface area contributed by atoms with Gasteiger partial charge in [0.15, 0.2) is 0 Å². The maximum atomic E-state index is 9.07. The Hall–Kier alpha value is -0.760. The van der Waals surface area contributed by atoms with E-state index in [0.29, 0.717) is 0 Å². The number of rotatable bonds is 4. The maximum Gasteiger partial charge on any atom is 0.0791 e. The number of aliphatic hydroxyl groups is 2. The highest BCUT2D eigenvalue weighted by atomic mass is 16.3. The molecule has 0 aromatic rings. The lowest BCUT2D eigenvalue weighted by atomic mass is 10.2. The van der Waals surface area contributed by atoms with Crippen LogP contribution in [0.15, 0.2) is 24.5 Å². The third-order valence-electron chi connectivity index (χ3n) is 1.11. The first-order valence-electron chi connectivity index (χ1n) is 3.47. The van der Waals surface area contributed by atoms with Gasteiger partial charge in [-0.05, 0) is 12.5 Å². The summed E-state index contributed by atoms with van der Waals surface area (Å²) in [5.41, 5.74) is 0. The summed E-state index contributed by atoms with van der Waals surface area (Å²) >= 11 is 0. The molecule has 0 spiro atoms. The van der Waals surface area contributed by atoms with Gasteiger partial charge in [0, 0.05) is 0 Å². The SMILES string of the molecule is CCCC(O)C=CC=CO. The summed E-state index contributed by atoms with van der Waals surface area (Å²) in [4.78, 5) is 0. The minimum atomic E-state index is -0.374. The molecule has 0 aliphatic carbocycles. The zero-order valence-electron chi connectivity index (χ0n) is 6.20. The molecule has 1 atom stereocenters. The van der Waals surface area contributed by atoms with Gasteiger partial charge >= 0.3 is 0 Å². The number of hydrogen-bond donors (Lipinski definition) is 2. The highest BCUT2D eigenvalue weighted by Gasteiger charge is 1.92. The van der Waals surface area contributed by atoms with Crippen LogP contribution < -0.4 is 0 Å². The topological polar surface area (TPSA) is 40.5 Å². The predicted octanol–water partition coefficient (Wildman–Crippen LogP) is 1.78. The monoisotopic (exact) mass is 142 g/mol. The van der Waals surface area contributed by atoms with Crippen LogP contribution in [0.1, 0.15) is 19.8 Å². The van der Waals surface area contributed by atoms with Gasteiger partial charge in [-0.1, -0.05) is 25.5 Å². The first-order valence-corrected chi connectivity index (χ1v) is 3.47. The zero-order valence-corrected chi connectivity index (χ0v) is 6.20. The van der Waals surface area contributed by atoms with Crippen molar-refractivity contribution in [3.63, 3.8) is 0 Å². The summed E-state index contributed by atoms with van der Waals surface area (Å²) in [6, 6.07) is 0. The van der Waals surface area contributed by atoms with E-state index < -0.39 is 0 Å². The third-order valence-corrected chi connectivity index (χ3v) is 1.11. The fourth-order valence-electron chi connectivity index (χ4n) is 0.634. The molecule has 2 heteroatoms. The second-order valence-electron chi connectivity index (χ2n) is 2.08. The van der Waals surface area contributed by atoms with Gasteiger partial charge in [0.2, 0.25) is 0 Å². The molecule has 0 fully saturated rings. The molecule has 0 saturated heterocycles. The molecule has 0 aliphatic rings. The molecule has 0 aliphatic heterocycles. The molecule has 2 N–H and O–H groups in total. The molecule has 0 heterocycles. The van der Waals surface area contributed by atoms with E-state index in [1.165, 1.54) is 6.08 Å². The van der Waals surface area contributed by atoms with Gasteiger partial charge in [0.1, 0.15) is 0 Å². The Kier molecular flexibility index (Phi) is 5.88. The number of hydrogen-bond acceptors (Lipinski definition) is 2. The van der Waals surface area contributed by atoms with Crippen LogP contribution in [0.5, 0.6) is 0 Å². The summed E-state index contributed by atoms with van der Waals surface area (Å²) in [6.45, 7) is 2.01. The molecule has 0 radical (unpaired) electrons. The minimum absolute atomic E-state index is 0.374. The van der Waals surface area contributed by atoms with Gasteiger partial charge in [-0.25, -0.2) is 0 Å². The van der Waals surface area contributed by atoms with Crippen molar-refractivity contribution in [2.24, 2.45) is 0 Å². The van der Waals surface area contributed by atoms with E-state index in [-0.39, 0.29) is 6.10 Å². The van der Waals surface area contributed by atoms with E-state index in [1.54, 1.807) is 12.2 Å². The molecule has 2 nitrogen and oxygen atoms in total. The fourth-order valence-corrected chi connectivity index (χ4v) is 0.634. The zero-order chi connectivity index (χ0) is 7.82. The Morgan fingerprint density at radius 2 is 2.10 bits per heavy atom. The summed E-state index contributed by atoms with van der Waals surface area (Å²) in [5, 5.41) is 17.3. The first-order chi connectivity index (χ1) is 4.81. The number of allylic oxidation sites excluding steroid dienone is 2. The Morgan fingerprint density at radius 3 is 2.60 bits per heavy atom. The van der Waals surface area contributed by atoms with Crippen molar-refractivity contribution in [3.8, 4) is 0 Å². The van der Waals surface area contributed by atoms with Crippen molar-refractivity contribution in [1.82, 2.24) is 0 Å². The van der Waals surface area contributed by atoms with Crippen LogP contribution >= 0.6 is 0 Å². The summed E-state index contributed by atoms with van der Waals surface area (Å²) in [6.07, 6.45) is 7.05. The van der Waals surface area contributed by atoms with Crippen LogP contribution in [0.2, 0.25) is 0 Å². The van der Waals surface area contributed by atoms with Crippen LogP contribution in [0.4, 0.5) is 0 Å². The fraction of sp³-hybridized carbons (Fsp3) is 0.500. The maximum absolute atomic E-state index is 9.07. The molecular formula is C8H14O2. The summed E-state index contributed by atoms with van der Waals surface area (Å²) < 4.78 is 0. The molecular weight excluding hydrogens is 128 g/mol. The highest BCUT2D eigenvalue weighted by Crippen LogP contribution is 1.96. The molecule has 0 bridgehead atoms. The Bertz CT molecular complexity index is 116. The second kappa shape index (κ2) is 6.36. The van der Waals surface area contributed by atoms with E-state index in [1.807, 2.05) is 6.92 Å². The van der Waals surface area contributed by atoms with Gasteiger partial charge < -0.3 is 10.2 Å². The molecule has 10 heavy (non-hydrogen) atoms. The average Bonchev–Trinajstić information content (AvgIpc) is 1.89. The minimum Gasteiger partial charge on any atom is -0.516 e. The van der Waals surface area contributed by atoms with Crippen molar-refractivity contribution in [2.45, 2.75) is 25.9 Å². The lowest BCUT2D eigenvalue weighted by Gasteiger charge is -1.99. The predicted molar refractivity (Wildman–Crippen MR) is 41.8 cm³/mol. The van der Waals surface area contributed by atoms with Crippen LogP contribution in [-0.2, 0) is 0 Å². The number of aliphatic hydroxyl groups excluding tert-OH is 2. The van der Waals surface area contributed by atoms with E-state index in [4.69, 9.17) is 10.2 Å². The van der Waals surface area contributed by atoms with Crippen LogP contribution in [-0.4, -0.2) is 16.3 Å². The summed E-state index contributed by atoms with van der Waals surface area (Å²) in [7, 11) is 0. The summed E-state index contributed by atoms with van der Waals surface area (Å²) in [5.74, 6) is 0. The molecule has 0 aromatic carbocycles. The smallest absolute Gasteiger partial charge is 0.0791 e. The molecule has 1 unspecified atom stereocenters. The normalized spacial score (nSPS) is 15.0. The van der Waals surface area contributed by atoms with Gasteiger partial charge in [0.25, 0.3) is 0 Å². The van der Waals surface area contributed by atoms with Crippen molar-refractivity contribution in [3.05, 3.63) is 24.5 Å². The van der Waals surface area contributed by atoms with Crippen molar-refractivity contribution < 1.29 is 10.2 Å². The Morgan fingerprint density at radius 1 is 1.40 bits per heavy atom. The lowest BCUT2D eigenvalue weighted by Crippen LogP contribution is -1.99. The van der Waals surface area contributed by atoms with Crippen molar-refractivity contribution in [1.29, 1.82) is 0 Å². The molecule has 58 valence electrons. The average molecular weight is 142 g/mol. The second-order valence-corrected chi connectivity index (χ2v) is 2.08. The van der Waals surface area contributed by atoms with Crippen LogP contribution in [0.3, 0.4) is 0 Å². The molecule has 0 saturated carbocycles. The van der Waals surface area contributed by atoms with E-state index >= 15 is 0 Å². The quantitative estimate of drug-likeness (QED) is 0.464. The van der Waals surface area contributed by atoms with E-state index in [0.717, 1.165) is 19.1 Å². The van der Waals surface area contributed by atoms with Gasteiger partial charge in [0.05, 0.1) is 12.4 Å². The van der Waals surface area contributed by atoms with Gasteiger partial charge in [-0.2, -0.15) is 0 Å². The van der Waals surface area contributed by atoms with Crippen LogP contribution in [0.25, 0.3) is 0 Å².